The molecule has 1 amide bonds. The Labute approximate surface area is 127 Å². The molecule has 1 unspecified atom stereocenters. The summed E-state index contributed by atoms with van der Waals surface area (Å²) in [7, 11) is 0. The third kappa shape index (κ3) is 4.99. The summed E-state index contributed by atoms with van der Waals surface area (Å²) in [6.45, 7) is 8.16. The number of ketones is 1. The van der Waals surface area contributed by atoms with Gasteiger partial charge >= 0.3 is 6.09 Å². The molecule has 5 heteroatoms. The fraction of sp³-hybridized carbons (Fsp3) is 0.875. The average molecular weight is 297 g/mol. The molecular formula is C16H27NO4. The van der Waals surface area contributed by atoms with Gasteiger partial charge in [-0.3, -0.25) is 4.79 Å². The number of nitrogens with zero attached hydrogens (tertiary/aromatic N) is 1. The number of rotatable bonds is 2. The average Bonchev–Trinajstić information content (AvgIpc) is 2.40. The van der Waals surface area contributed by atoms with Crippen LogP contribution in [0.25, 0.3) is 0 Å². The van der Waals surface area contributed by atoms with Crippen LogP contribution in [0.2, 0.25) is 0 Å². The van der Waals surface area contributed by atoms with Gasteiger partial charge in [0.25, 0.3) is 0 Å². The number of carbonyl (C=O) groups excluding carboxylic acids is 2. The van der Waals surface area contributed by atoms with Crippen molar-refractivity contribution in [3.05, 3.63) is 0 Å². The summed E-state index contributed by atoms with van der Waals surface area (Å²) < 4.78 is 10.8. The number of Topliss-reactive ketones (excluding diaryl/α,β-unsaturated/α-hetero) is 1. The lowest BCUT2D eigenvalue weighted by Crippen LogP contribution is -2.46. The minimum absolute atomic E-state index is 0.0330. The van der Waals surface area contributed by atoms with E-state index in [1.807, 2.05) is 20.8 Å². The molecule has 2 aliphatic heterocycles. The lowest BCUT2D eigenvalue weighted by Gasteiger charge is -2.35. The van der Waals surface area contributed by atoms with Crippen LogP contribution in [0.1, 0.15) is 46.5 Å². The van der Waals surface area contributed by atoms with Crippen LogP contribution in [-0.4, -0.2) is 48.7 Å². The van der Waals surface area contributed by atoms with Crippen molar-refractivity contribution in [2.75, 3.05) is 26.3 Å². The summed E-state index contributed by atoms with van der Waals surface area (Å²) in [5.41, 5.74) is -0.491. The van der Waals surface area contributed by atoms with E-state index >= 15 is 0 Å². The van der Waals surface area contributed by atoms with Crippen LogP contribution in [0.15, 0.2) is 0 Å². The first-order chi connectivity index (χ1) is 9.85. The Kier molecular flexibility index (Phi) is 5.25. The van der Waals surface area contributed by atoms with Gasteiger partial charge in [-0.15, -0.1) is 0 Å². The minimum atomic E-state index is -0.491. The number of hydrogen-bond donors (Lipinski definition) is 0. The zero-order valence-corrected chi connectivity index (χ0v) is 13.4. The predicted octanol–water partition coefficient (Wildman–Crippen LogP) is 2.63. The molecule has 0 aromatic rings. The number of piperidine rings is 1. The Bertz CT molecular complexity index is 382. The van der Waals surface area contributed by atoms with E-state index in [9.17, 15) is 9.59 Å². The van der Waals surface area contributed by atoms with E-state index in [0.717, 1.165) is 32.5 Å². The maximum atomic E-state index is 12.1. The van der Waals surface area contributed by atoms with Crippen molar-refractivity contribution in [2.45, 2.75) is 52.1 Å². The van der Waals surface area contributed by atoms with Gasteiger partial charge in [-0.25, -0.2) is 4.79 Å². The van der Waals surface area contributed by atoms with Crippen LogP contribution >= 0.6 is 0 Å². The summed E-state index contributed by atoms with van der Waals surface area (Å²) in [4.78, 5) is 25.9. The Morgan fingerprint density at radius 1 is 1.33 bits per heavy atom. The molecule has 0 bridgehead atoms. The number of amides is 1. The van der Waals surface area contributed by atoms with Crippen LogP contribution < -0.4 is 0 Å². The zero-order valence-electron chi connectivity index (χ0n) is 13.4. The SMILES string of the molecule is CC(C)(C)OC(=O)N1CCC(=O)C(CC2CCOCC2)C1. The molecule has 0 radical (unpaired) electrons. The largest absolute Gasteiger partial charge is 0.444 e. The van der Waals surface area contributed by atoms with Crippen molar-refractivity contribution >= 4 is 11.9 Å². The van der Waals surface area contributed by atoms with Crippen LogP contribution in [-0.2, 0) is 14.3 Å². The normalized spacial score (nSPS) is 25.0. The van der Waals surface area contributed by atoms with Gasteiger partial charge in [-0.05, 0) is 46.0 Å². The van der Waals surface area contributed by atoms with Gasteiger partial charge < -0.3 is 14.4 Å². The van der Waals surface area contributed by atoms with Crippen LogP contribution in [0.4, 0.5) is 4.79 Å². The predicted molar refractivity (Wildman–Crippen MR) is 79.1 cm³/mol. The second-order valence-corrected chi connectivity index (χ2v) is 7.13. The van der Waals surface area contributed by atoms with E-state index in [2.05, 4.69) is 0 Å². The Balaban J connectivity index is 1.89. The number of ether oxygens (including phenoxy) is 2. The first-order valence-electron chi connectivity index (χ1n) is 7.93. The number of likely N-dealkylation sites (tertiary alicyclic amines) is 1. The summed E-state index contributed by atoms with van der Waals surface area (Å²) >= 11 is 0. The van der Waals surface area contributed by atoms with Crippen molar-refractivity contribution in [2.24, 2.45) is 11.8 Å². The molecule has 0 spiro atoms. The molecule has 0 N–H and O–H groups in total. The Morgan fingerprint density at radius 3 is 2.62 bits per heavy atom. The maximum Gasteiger partial charge on any atom is 0.410 e. The van der Waals surface area contributed by atoms with Gasteiger partial charge in [0.2, 0.25) is 0 Å². The second-order valence-electron chi connectivity index (χ2n) is 7.13. The van der Waals surface area contributed by atoms with Crippen molar-refractivity contribution in [1.29, 1.82) is 0 Å². The van der Waals surface area contributed by atoms with Gasteiger partial charge in [0.1, 0.15) is 11.4 Å². The van der Waals surface area contributed by atoms with Crippen molar-refractivity contribution in [3.63, 3.8) is 0 Å². The van der Waals surface area contributed by atoms with E-state index < -0.39 is 5.60 Å². The van der Waals surface area contributed by atoms with Gasteiger partial charge in [-0.2, -0.15) is 0 Å². The van der Waals surface area contributed by atoms with Crippen molar-refractivity contribution in [3.8, 4) is 0 Å². The molecule has 0 aromatic heterocycles. The van der Waals surface area contributed by atoms with Gasteiger partial charge in [0.15, 0.2) is 0 Å². The highest BCUT2D eigenvalue weighted by Gasteiger charge is 2.33. The van der Waals surface area contributed by atoms with E-state index in [0.29, 0.717) is 31.2 Å². The summed E-state index contributed by atoms with van der Waals surface area (Å²) in [5.74, 6) is 0.807. The second kappa shape index (κ2) is 6.77. The molecule has 1 atom stereocenters. The lowest BCUT2D eigenvalue weighted by molar-refractivity contribution is -0.127. The summed E-state index contributed by atoms with van der Waals surface area (Å²) in [6.07, 6.45) is 3.08. The van der Waals surface area contributed by atoms with E-state index in [-0.39, 0.29) is 12.0 Å². The zero-order chi connectivity index (χ0) is 15.5. The fourth-order valence-electron chi connectivity index (χ4n) is 2.99. The maximum absolute atomic E-state index is 12.1. The fourth-order valence-corrected chi connectivity index (χ4v) is 2.99. The van der Waals surface area contributed by atoms with Crippen LogP contribution in [0, 0.1) is 11.8 Å². The molecule has 0 aliphatic carbocycles. The highest BCUT2D eigenvalue weighted by molar-refractivity contribution is 5.84. The first-order valence-corrected chi connectivity index (χ1v) is 7.93. The highest BCUT2D eigenvalue weighted by atomic mass is 16.6. The molecule has 2 heterocycles. The third-order valence-corrected chi connectivity index (χ3v) is 4.13. The van der Waals surface area contributed by atoms with Gasteiger partial charge in [0, 0.05) is 38.6 Å². The van der Waals surface area contributed by atoms with Crippen LogP contribution in [0.5, 0.6) is 0 Å². The molecule has 0 saturated carbocycles. The van der Waals surface area contributed by atoms with Gasteiger partial charge in [0.05, 0.1) is 0 Å². The molecule has 21 heavy (non-hydrogen) atoms. The topological polar surface area (TPSA) is 55.8 Å². The molecule has 2 rings (SSSR count). The van der Waals surface area contributed by atoms with Crippen molar-refractivity contribution < 1.29 is 19.1 Å². The van der Waals surface area contributed by atoms with Crippen molar-refractivity contribution in [1.82, 2.24) is 4.90 Å². The first kappa shape index (κ1) is 16.3. The van der Waals surface area contributed by atoms with Gasteiger partial charge in [-0.1, -0.05) is 0 Å². The van der Waals surface area contributed by atoms with E-state index in [4.69, 9.17) is 9.47 Å². The Hall–Kier alpha value is -1.10. The molecule has 0 aromatic carbocycles. The minimum Gasteiger partial charge on any atom is -0.444 e. The van der Waals surface area contributed by atoms with Crippen LogP contribution in [0.3, 0.4) is 0 Å². The third-order valence-electron chi connectivity index (χ3n) is 4.13. The quantitative estimate of drug-likeness (QED) is 0.786. The molecular weight excluding hydrogens is 270 g/mol. The Morgan fingerprint density at radius 2 is 2.00 bits per heavy atom. The number of carbonyl (C=O) groups is 2. The smallest absolute Gasteiger partial charge is 0.410 e. The summed E-state index contributed by atoms with van der Waals surface area (Å²) in [5, 5.41) is 0. The molecule has 2 fully saturated rings. The summed E-state index contributed by atoms with van der Waals surface area (Å²) in [6, 6.07) is 0. The molecule has 5 nitrogen and oxygen atoms in total. The standard InChI is InChI=1S/C16H27NO4/c1-16(2,3)21-15(19)17-7-4-14(18)13(11-17)10-12-5-8-20-9-6-12/h12-13H,4-11H2,1-3H3. The molecule has 2 aliphatic rings. The molecule has 2 saturated heterocycles. The van der Waals surface area contributed by atoms with E-state index in [1.165, 1.54) is 0 Å². The molecule has 120 valence electrons. The lowest BCUT2D eigenvalue weighted by atomic mass is 9.84. The number of hydrogen-bond acceptors (Lipinski definition) is 4. The highest BCUT2D eigenvalue weighted by Crippen LogP contribution is 2.27. The monoisotopic (exact) mass is 297 g/mol. The van der Waals surface area contributed by atoms with E-state index in [1.54, 1.807) is 4.90 Å².